The molecule has 33 heavy (non-hydrogen) atoms. The Hall–Kier alpha value is -3.85. The second-order valence-corrected chi connectivity index (χ2v) is 8.67. The van der Waals surface area contributed by atoms with Gasteiger partial charge in [-0.25, -0.2) is 0 Å². The number of furan rings is 1. The van der Waals surface area contributed by atoms with Crippen LogP contribution in [-0.4, -0.2) is 31.8 Å². The Bertz CT molecular complexity index is 1220. The van der Waals surface area contributed by atoms with Crippen LogP contribution in [0.15, 0.2) is 82.6 Å². The van der Waals surface area contributed by atoms with E-state index in [1.165, 1.54) is 18.7 Å². The summed E-state index contributed by atoms with van der Waals surface area (Å²) in [6, 6.07) is 20.6. The minimum Gasteiger partial charge on any atom is -0.461 e. The Morgan fingerprint density at radius 2 is 1.67 bits per heavy atom. The lowest BCUT2D eigenvalue weighted by Gasteiger charge is -2.14. The number of anilines is 2. The van der Waals surface area contributed by atoms with Crippen molar-refractivity contribution in [3.63, 3.8) is 0 Å². The molecule has 4 aromatic rings. The molecule has 0 aliphatic heterocycles. The Kier molecular flexibility index (Phi) is 6.89. The van der Waals surface area contributed by atoms with Crippen molar-refractivity contribution in [1.29, 1.82) is 0 Å². The lowest BCUT2D eigenvalue weighted by Crippen LogP contribution is -2.23. The summed E-state index contributed by atoms with van der Waals surface area (Å²) in [5.41, 5.74) is 2.40. The highest BCUT2D eigenvalue weighted by Crippen LogP contribution is 2.28. The van der Waals surface area contributed by atoms with Gasteiger partial charge in [0, 0.05) is 18.3 Å². The molecule has 2 aromatic heterocycles. The van der Waals surface area contributed by atoms with Crippen LogP contribution in [-0.2, 0) is 16.1 Å². The van der Waals surface area contributed by atoms with Crippen LogP contribution in [0, 0.1) is 0 Å². The van der Waals surface area contributed by atoms with E-state index in [9.17, 15) is 9.59 Å². The minimum absolute atomic E-state index is 0.148. The molecular formula is C24H23N5O3S. The van der Waals surface area contributed by atoms with Crippen molar-refractivity contribution in [2.75, 3.05) is 10.6 Å². The van der Waals surface area contributed by atoms with Gasteiger partial charge in [0.05, 0.1) is 18.1 Å². The third kappa shape index (κ3) is 5.69. The summed E-state index contributed by atoms with van der Waals surface area (Å²) in [5.74, 6) is 0.903. The topological polar surface area (TPSA) is 102 Å². The number of nitrogens with one attached hydrogen (secondary N) is 2. The van der Waals surface area contributed by atoms with Gasteiger partial charge in [-0.2, -0.15) is 0 Å². The normalized spacial score (nSPS) is 11.7. The zero-order chi connectivity index (χ0) is 23.2. The van der Waals surface area contributed by atoms with Crippen LogP contribution >= 0.6 is 11.8 Å². The highest BCUT2D eigenvalue weighted by molar-refractivity contribution is 8.00. The summed E-state index contributed by atoms with van der Waals surface area (Å²) in [7, 11) is 0. The van der Waals surface area contributed by atoms with Crippen LogP contribution in [0.3, 0.4) is 0 Å². The summed E-state index contributed by atoms with van der Waals surface area (Å²) >= 11 is 1.33. The number of rotatable bonds is 8. The third-order valence-electron chi connectivity index (χ3n) is 4.77. The van der Waals surface area contributed by atoms with Gasteiger partial charge in [-0.05, 0) is 48.9 Å². The maximum absolute atomic E-state index is 12.8. The molecule has 2 amide bonds. The molecule has 2 N–H and O–H groups in total. The van der Waals surface area contributed by atoms with Crippen molar-refractivity contribution in [3.8, 4) is 11.6 Å². The van der Waals surface area contributed by atoms with Crippen molar-refractivity contribution in [3.05, 3.63) is 78.6 Å². The summed E-state index contributed by atoms with van der Waals surface area (Å²) in [6.07, 6.45) is 1.59. The predicted molar refractivity (Wildman–Crippen MR) is 128 cm³/mol. The molecule has 2 heterocycles. The number of carbonyl (C=O) groups is 2. The first kappa shape index (κ1) is 22.3. The zero-order valence-corrected chi connectivity index (χ0v) is 19.0. The number of amides is 2. The lowest BCUT2D eigenvalue weighted by atomic mass is 10.2. The van der Waals surface area contributed by atoms with E-state index in [0.717, 1.165) is 5.56 Å². The first-order chi connectivity index (χ1) is 16.0. The van der Waals surface area contributed by atoms with E-state index in [0.29, 0.717) is 34.7 Å². The molecule has 0 aliphatic carbocycles. The molecule has 0 radical (unpaired) electrons. The van der Waals surface area contributed by atoms with Crippen LogP contribution in [0.2, 0.25) is 0 Å². The average Bonchev–Trinajstić information content (AvgIpc) is 3.46. The van der Waals surface area contributed by atoms with Crippen molar-refractivity contribution in [2.45, 2.75) is 30.8 Å². The van der Waals surface area contributed by atoms with Gasteiger partial charge in [0.2, 0.25) is 17.6 Å². The SMILES string of the molecule is CC(=O)Nc1ccc(NC(=O)[C@H](C)Sc2nnc(-c3ccco3)n2Cc2ccccc2)cc1. The number of aromatic nitrogens is 3. The largest absolute Gasteiger partial charge is 0.461 e. The van der Waals surface area contributed by atoms with Crippen LogP contribution in [0.1, 0.15) is 19.4 Å². The molecule has 0 aliphatic rings. The van der Waals surface area contributed by atoms with E-state index >= 15 is 0 Å². The quantitative estimate of drug-likeness (QED) is 0.370. The van der Waals surface area contributed by atoms with Gasteiger partial charge in [-0.15, -0.1) is 10.2 Å². The fourth-order valence-corrected chi connectivity index (χ4v) is 4.02. The smallest absolute Gasteiger partial charge is 0.237 e. The Morgan fingerprint density at radius 3 is 2.30 bits per heavy atom. The number of hydrogen-bond donors (Lipinski definition) is 2. The predicted octanol–water partition coefficient (Wildman–Crippen LogP) is 4.66. The van der Waals surface area contributed by atoms with Gasteiger partial charge in [0.15, 0.2) is 10.9 Å². The minimum atomic E-state index is -0.428. The van der Waals surface area contributed by atoms with E-state index in [4.69, 9.17) is 4.42 Å². The van der Waals surface area contributed by atoms with Crippen molar-refractivity contribution in [2.24, 2.45) is 0 Å². The van der Waals surface area contributed by atoms with Crippen molar-refractivity contribution < 1.29 is 14.0 Å². The van der Waals surface area contributed by atoms with Crippen LogP contribution in [0.5, 0.6) is 0 Å². The second-order valence-electron chi connectivity index (χ2n) is 7.36. The molecule has 0 bridgehead atoms. The molecule has 0 saturated heterocycles. The van der Waals surface area contributed by atoms with Crippen molar-refractivity contribution in [1.82, 2.24) is 14.8 Å². The maximum Gasteiger partial charge on any atom is 0.237 e. The van der Waals surface area contributed by atoms with Crippen LogP contribution in [0.25, 0.3) is 11.6 Å². The number of nitrogens with zero attached hydrogens (tertiary/aromatic N) is 3. The fourth-order valence-electron chi connectivity index (χ4n) is 3.17. The molecule has 0 unspecified atom stereocenters. The van der Waals surface area contributed by atoms with E-state index in [-0.39, 0.29) is 11.8 Å². The van der Waals surface area contributed by atoms with Crippen LogP contribution in [0.4, 0.5) is 11.4 Å². The molecule has 9 heteroatoms. The molecule has 0 fully saturated rings. The Balaban J connectivity index is 1.49. The monoisotopic (exact) mass is 461 g/mol. The molecular weight excluding hydrogens is 438 g/mol. The maximum atomic E-state index is 12.8. The van der Waals surface area contributed by atoms with E-state index in [1.54, 1.807) is 36.6 Å². The number of thioether (sulfide) groups is 1. The molecule has 4 rings (SSSR count). The first-order valence-electron chi connectivity index (χ1n) is 10.4. The highest BCUT2D eigenvalue weighted by atomic mass is 32.2. The van der Waals surface area contributed by atoms with Gasteiger partial charge in [0.25, 0.3) is 0 Å². The fraction of sp³-hybridized carbons (Fsp3) is 0.167. The van der Waals surface area contributed by atoms with Gasteiger partial charge in [0.1, 0.15) is 0 Å². The molecule has 168 valence electrons. The van der Waals surface area contributed by atoms with Gasteiger partial charge >= 0.3 is 0 Å². The van der Waals surface area contributed by atoms with Crippen molar-refractivity contribution >= 4 is 35.0 Å². The summed E-state index contributed by atoms with van der Waals surface area (Å²) in [6.45, 7) is 3.81. The average molecular weight is 462 g/mol. The Labute approximate surface area is 195 Å². The van der Waals surface area contributed by atoms with E-state index in [1.807, 2.05) is 47.9 Å². The van der Waals surface area contributed by atoms with Gasteiger partial charge in [-0.1, -0.05) is 42.1 Å². The standard InChI is InChI=1S/C24H23N5O3S/c1-16(23(31)26-20-12-10-19(11-13-20)25-17(2)30)33-24-28-27-22(21-9-6-14-32-21)29(24)15-18-7-4-3-5-8-18/h3-14,16H,15H2,1-2H3,(H,25,30)(H,26,31)/t16-/m0/s1. The lowest BCUT2D eigenvalue weighted by molar-refractivity contribution is -0.115. The van der Waals surface area contributed by atoms with E-state index < -0.39 is 5.25 Å². The molecule has 0 spiro atoms. The summed E-state index contributed by atoms with van der Waals surface area (Å²) in [4.78, 5) is 24.0. The molecule has 1 atom stereocenters. The van der Waals surface area contributed by atoms with E-state index in [2.05, 4.69) is 20.8 Å². The molecule has 2 aromatic carbocycles. The summed E-state index contributed by atoms with van der Waals surface area (Å²) < 4.78 is 7.49. The molecule has 8 nitrogen and oxygen atoms in total. The van der Waals surface area contributed by atoms with Gasteiger partial charge in [-0.3, -0.25) is 14.2 Å². The highest BCUT2D eigenvalue weighted by Gasteiger charge is 2.22. The molecule has 0 saturated carbocycles. The number of hydrogen-bond acceptors (Lipinski definition) is 6. The van der Waals surface area contributed by atoms with Crippen LogP contribution < -0.4 is 10.6 Å². The second kappa shape index (κ2) is 10.2. The number of carbonyl (C=O) groups excluding carboxylic acids is 2. The van der Waals surface area contributed by atoms with Gasteiger partial charge < -0.3 is 15.1 Å². The number of benzene rings is 2. The zero-order valence-electron chi connectivity index (χ0n) is 18.2. The summed E-state index contributed by atoms with van der Waals surface area (Å²) in [5, 5.41) is 14.4. The Morgan fingerprint density at radius 1 is 0.970 bits per heavy atom. The third-order valence-corrected chi connectivity index (χ3v) is 5.85. The first-order valence-corrected chi connectivity index (χ1v) is 11.2.